The van der Waals surface area contributed by atoms with Crippen molar-refractivity contribution in [3.63, 3.8) is 0 Å². The lowest BCUT2D eigenvalue weighted by molar-refractivity contribution is 0.163. The molecule has 7 rings (SSSR count). The van der Waals surface area contributed by atoms with Crippen molar-refractivity contribution >= 4 is 11.5 Å². The molecule has 35 heavy (non-hydrogen) atoms. The number of fused-ring (bicyclic) bond motifs is 5. The van der Waals surface area contributed by atoms with Crippen LogP contribution in [0, 0.1) is 17.7 Å². The summed E-state index contributed by atoms with van der Waals surface area (Å²) in [5.74, 6) is 2.92. The Kier molecular flexibility index (Phi) is 4.54. The number of hydrogen-bond donors (Lipinski definition) is 2. The number of rotatable bonds is 4. The third kappa shape index (κ3) is 3.27. The van der Waals surface area contributed by atoms with Crippen LogP contribution in [-0.2, 0) is 6.42 Å². The van der Waals surface area contributed by atoms with Crippen molar-refractivity contribution in [1.82, 2.24) is 15.0 Å². The van der Waals surface area contributed by atoms with Crippen molar-refractivity contribution in [2.45, 2.75) is 18.9 Å². The van der Waals surface area contributed by atoms with Crippen molar-refractivity contribution in [1.29, 1.82) is 0 Å². The maximum atomic E-state index is 14.5. The van der Waals surface area contributed by atoms with Crippen LogP contribution in [0.5, 0.6) is 23.4 Å². The molecule has 3 N–H and O–H groups in total. The maximum absolute atomic E-state index is 14.5. The molecule has 2 fully saturated rings. The van der Waals surface area contributed by atoms with E-state index in [1.165, 1.54) is 6.07 Å². The fourth-order valence-corrected chi connectivity index (χ4v) is 5.80. The molecule has 10 heteroatoms. The number of anilines is 2. The van der Waals surface area contributed by atoms with Crippen molar-refractivity contribution < 1.29 is 18.6 Å². The summed E-state index contributed by atoms with van der Waals surface area (Å²) in [6, 6.07) is 5.28. The van der Waals surface area contributed by atoms with E-state index < -0.39 is 0 Å². The zero-order valence-corrected chi connectivity index (χ0v) is 19.3. The largest absolute Gasteiger partial charge is 0.484 e. The average Bonchev–Trinajstić information content (AvgIpc) is 3.40. The number of nitrogens with zero attached hydrogens (tertiary/aromatic N) is 4. The van der Waals surface area contributed by atoms with Gasteiger partial charge in [0.15, 0.2) is 11.5 Å². The summed E-state index contributed by atoms with van der Waals surface area (Å²) in [6.45, 7) is 2.62. The van der Waals surface area contributed by atoms with E-state index in [9.17, 15) is 4.39 Å². The van der Waals surface area contributed by atoms with E-state index >= 15 is 0 Å². The van der Waals surface area contributed by atoms with E-state index in [1.54, 1.807) is 25.4 Å². The number of hydrogen-bond acceptors (Lipinski definition) is 9. The fraction of sp³-hybridized carbons (Fsp3) is 0.400. The number of halogens is 1. The summed E-state index contributed by atoms with van der Waals surface area (Å²) < 4.78 is 31.7. The summed E-state index contributed by atoms with van der Waals surface area (Å²) in [5.41, 5.74) is 10.6. The highest BCUT2D eigenvalue weighted by atomic mass is 19.1. The van der Waals surface area contributed by atoms with Gasteiger partial charge in [0.2, 0.25) is 0 Å². The average molecular weight is 477 g/mol. The highest BCUT2D eigenvalue weighted by Crippen LogP contribution is 2.48. The van der Waals surface area contributed by atoms with E-state index in [0.29, 0.717) is 48.8 Å². The summed E-state index contributed by atoms with van der Waals surface area (Å²) in [4.78, 5) is 16.1. The van der Waals surface area contributed by atoms with Gasteiger partial charge in [0.1, 0.15) is 24.8 Å². The van der Waals surface area contributed by atoms with Crippen molar-refractivity contribution in [3.8, 4) is 34.5 Å². The van der Waals surface area contributed by atoms with Crippen LogP contribution >= 0.6 is 0 Å². The Balaban J connectivity index is 1.31. The van der Waals surface area contributed by atoms with Crippen LogP contribution in [0.3, 0.4) is 0 Å². The van der Waals surface area contributed by atoms with Crippen molar-refractivity contribution in [2.24, 2.45) is 17.6 Å². The van der Waals surface area contributed by atoms with Gasteiger partial charge in [-0.15, -0.1) is 0 Å². The Morgan fingerprint density at radius 1 is 1.17 bits per heavy atom. The minimum absolute atomic E-state index is 0.222. The number of pyridine rings is 1. The molecular weight excluding hydrogens is 451 g/mol. The second-order valence-corrected chi connectivity index (χ2v) is 9.56. The zero-order valence-electron chi connectivity index (χ0n) is 19.3. The number of ether oxygens (including phenoxy) is 3. The van der Waals surface area contributed by atoms with Gasteiger partial charge in [-0.05, 0) is 41.5 Å². The highest BCUT2D eigenvalue weighted by Gasteiger charge is 2.46. The number of benzene rings is 1. The fourth-order valence-electron chi connectivity index (χ4n) is 5.80. The maximum Gasteiger partial charge on any atom is 0.324 e. The second kappa shape index (κ2) is 7.67. The Morgan fingerprint density at radius 2 is 2.06 bits per heavy atom. The molecule has 2 aromatic heterocycles. The molecule has 1 saturated heterocycles. The molecule has 4 heterocycles. The molecule has 3 aromatic rings. The molecular formula is C25H25FN6O3. The van der Waals surface area contributed by atoms with Crippen molar-refractivity contribution in [3.05, 3.63) is 41.5 Å². The zero-order chi connectivity index (χ0) is 23.7. The quantitative estimate of drug-likeness (QED) is 0.460. The van der Waals surface area contributed by atoms with Crippen LogP contribution in [0.15, 0.2) is 24.4 Å². The lowest BCUT2D eigenvalue weighted by Gasteiger charge is -2.36. The van der Waals surface area contributed by atoms with Gasteiger partial charge in [-0.1, -0.05) is 0 Å². The van der Waals surface area contributed by atoms with Crippen molar-refractivity contribution in [2.75, 3.05) is 43.6 Å². The molecule has 180 valence electrons. The standard InChI is InChI=1S/C25H25FN6O3/c1-28-19-6-13(26)5-16-15(19)8-20-22(16)23(32-10-12-4-18(27)17(12)11-32)31-25(30-20)35-14-7-21-24(29-9-14)34-3-2-33-21/h5-7,9,12,17-18,28H,2-4,8,10-11,27H2,1H3. The second-order valence-electron chi connectivity index (χ2n) is 9.56. The first-order valence-electron chi connectivity index (χ1n) is 11.9. The summed E-state index contributed by atoms with van der Waals surface area (Å²) in [7, 11) is 1.80. The van der Waals surface area contributed by atoms with Gasteiger partial charge in [-0.25, -0.2) is 9.37 Å². The third-order valence-electron chi connectivity index (χ3n) is 7.54. The van der Waals surface area contributed by atoms with Gasteiger partial charge in [0.25, 0.3) is 5.88 Å². The molecule has 0 amide bonds. The summed E-state index contributed by atoms with van der Waals surface area (Å²) in [5, 5.41) is 3.12. The van der Waals surface area contributed by atoms with Crippen LogP contribution in [0.1, 0.15) is 17.7 Å². The molecule has 2 aliphatic heterocycles. The normalized spacial score (nSPS) is 23.3. The molecule has 4 aliphatic rings. The van der Waals surface area contributed by atoms with Gasteiger partial charge < -0.3 is 30.2 Å². The van der Waals surface area contributed by atoms with E-state index in [1.807, 2.05) is 0 Å². The Bertz CT molecular complexity index is 1350. The SMILES string of the molecule is CNc1cc(F)cc2c1Cc1nc(Oc3cnc4c(c3)OCCO4)nc(N3CC4CC(N)C4C3)c1-2. The Morgan fingerprint density at radius 3 is 2.89 bits per heavy atom. The number of aromatic nitrogens is 3. The molecule has 0 bridgehead atoms. The molecule has 9 nitrogen and oxygen atoms in total. The van der Waals surface area contributed by atoms with Gasteiger partial charge in [-0.3, -0.25) is 0 Å². The first-order valence-corrected chi connectivity index (χ1v) is 11.9. The summed E-state index contributed by atoms with van der Waals surface area (Å²) >= 11 is 0. The predicted molar refractivity (Wildman–Crippen MR) is 127 cm³/mol. The summed E-state index contributed by atoms with van der Waals surface area (Å²) in [6.07, 6.45) is 3.16. The predicted octanol–water partition coefficient (Wildman–Crippen LogP) is 2.97. The lowest BCUT2D eigenvalue weighted by atomic mass is 9.72. The number of nitrogens with two attached hydrogens (primary N) is 1. The van der Waals surface area contributed by atoms with E-state index in [4.69, 9.17) is 29.9 Å². The molecule has 0 radical (unpaired) electrons. The topological polar surface area (TPSA) is 108 Å². The monoisotopic (exact) mass is 476 g/mol. The molecule has 3 atom stereocenters. The molecule has 3 unspecified atom stereocenters. The minimum atomic E-state index is -0.293. The van der Waals surface area contributed by atoms with Crippen LogP contribution in [-0.4, -0.2) is 54.3 Å². The smallest absolute Gasteiger partial charge is 0.324 e. The van der Waals surface area contributed by atoms with Gasteiger partial charge in [0.05, 0.1) is 11.9 Å². The number of nitrogens with one attached hydrogen (secondary N) is 1. The van der Waals surface area contributed by atoms with Crippen LogP contribution in [0.2, 0.25) is 0 Å². The molecule has 0 spiro atoms. The minimum Gasteiger partial charge on any atom is -0.484 e. The molecule has 1 aromatic carbocycles. The molecule has 2 aliphatic carbocycles. The van der Waals surface area contributed by atoms with Crippen LogP contribution < -0.4 is 30.2 Å². The first kappa shape index (κ1) is 20.7. The highest BCUT2D eigenvalue weighted by molar-refractivity contribution is 5.88. The van der Waals surface area contributed by atoms with Crippen LogP contribution in [0.4, 0.5) is 15.9 Å². The third-order valence-corrected chi connectivity index (χ3v) is 7.54. The van der Waals surface area contributed by atoms with Gasteiger partial charge in [0, 0.05) is 49.9 Å². The van der Waals surface area contributed by atoms with Crippen LogP contribution in [0.25, 0.3) is 11.1 Å². The Hall–Kier alpha value is -3.66. The lowest BCUT2D eigenvalue weighted by Crippen LogP contribution is -2.46. The van der Waals surface area contributed by atoms with E-state index in [-0.39, 0.29) is 17.9 Å². The first-order chi connectivity index (χ1) is 17.1. The van der Waals surface area contributed by atoms with E-state index in [2.05, 4.69) is 15.2 Å². The van der Waals surface area contributed by atoms with Gasteiger partial charge in [-0.2, -0.15) is 9.97 Å². The molecule has 1 saturated carbocycles. The van der Waals surface area contributed by atoms with Gasteiger partial charge >= 0.3 is 6.01 Å². The Labute approximate surface area is 201 Å². The van der Waals surface area contributed by atoms with E-state index in [0.717, 1.165) is 53.4 Å².